The van der Waals surface area contributed by atoms with Crippen LogP contribution in [0.3, 0.4) is 0 Å². The minimum absolute atomic E-state index is 0. The number of hydrogen-bond donors (Lipinski definition) is 3. The number of aliphatic hydroxyl groups is 2. The van der Waals surface area contributed by atoms with Gasteiger partial charge in [0.15, 0.2) is 0 Å². The van der Waals surface area contributed by atoms with Gasteiger partial charge in [0, 0.05) is 0 Å². The van der Waals surface area contributed by atoms with Gasteiger partial charge in [0.05, 0.1) is 30.9 Å². The van der Waals surface area contributed by atoms with Crippen molar-refractivity contribution in [2.75, 3.05) is 19.8 Å². The maximum atomic E-state index is 13.5. The fourth-order valence-corrected chi connectivity index (χ4v) is 3.71. The van der Waals surface area contributed by atoms with E-state index in [1.807, 2.05) is 0 Å². The lowest BCUT2D eigenvalue weighted by Gasteiger charge is -2.24. The number of nitrogens with two attached hydrogens (primary N) is 1. The monoisotopic (exact) mass is 439 g/mol. The number of rotatable bonds is 10. The third kappa shape index (κ3) is 8.32. The Morgan fingerprint density at radius 1 is 1.07 bits per heavy atom. The fourth-order valence-electron chi connectivity index (χ4n) is 3.71. The quantitative estimate of drug-likeness (QED) is 0.470. The number of halogens is 4. The first-order valence-corrected chi connectivity index (χ1v) is 10.1. The van der Waals surface area contributed by atoms with Gasteiger partial charge >= 0.3 is 6.18 Å². The van der Waals surface area contributed by atoms with E-state index in [4.69, 9.17) is 10.5 Å². The highest BCUT2D eigenvalue weighted by molar-refractivity contribution is 5.85. The molecule has 1 aromatic carbocycles. The minimum atomic E-state index is -4.51. The second-order valence-electron chi connectivity index (χ2n) is 8.00. The molecule has 4 nitrogen and oxygen atoms in total. The molecule has 0 radical (unpaired) electrons. The lowest BCUT2D eigenvalue weighted by Crippen LogP contribution is -2.47. The minimum Gasteiger partial charge on any atom is -0.493 e. The van der Waals surface area contributed by atoms with Crippen molar-refractivity contribution in [1.29, 1.82) is 0 Å². The second-order valence-corrected chi connectivity index (χ2v) is 8.00. The lowest BCUT2D eigenvalue weighted by atomic mass is 9.86. The molecule has 0 aromatic heterocycles. The molecule has 0 unspecified atom stereocenters. The van der Waals surface area contributed by atoms with Crippen LogP contribution in [0.5, 0.6) is 5.75 Å². The summed E-state index contributed by atoms with van der Waals surface area (Å²) in [6.07, 6.45) is 3.87. The first-order valence-electron chi connectivity index (χ1n) is 10.1. The maximum absolute atomic E-state index is 13.5. The molecule has 0 saturated heterocycles. The van der Waals surface area contributed by atoms with Crippen LogP contribution in [0.15, 0.2) is 18.2 Å². The zero-order valence-corrected chi connectivity index (χ0v) is 17.5. The Balaban J connectivity index is 0.00000420. The van der Waals surface area contributed by atoms with Crippen LogP contribution in [0.2, 0.25) is 0 Å². The number of aliphatic hydroxyl groups excluding tert-OH is 2. The van der Waals surface area contributed by atoms with E-state index in [2.05, 4.69) is 0 Å². The average Bonchev–Trinajstić information content (AvgIpc) is 2.70. The summed E-state index contributed by atoms with van der Waals surface area (Å²) < 4.78 is 45.8. The summed E-state index contributed by atoms with van der Waals surface area (Å²) in [6.45, 7) is -0.588. The molecule has 168 valence electrons. The van der Waals surface area contributed by atoms with Crippen molar-refractivity contribution in [3.8, 4) is 5.75 Å². The molecule has 4 N–H and O–H groups in total. The summed E-state index contributed by atoms with van der Waals surface area (Å²) in [7, 11) is 0. The number of ether oxygens (including phenoxy) is 1. The van der Waals surface area contributed by atoms with Crippen LogP contribution in [0.4, 0.5) is 13.2 Å². The SMILES string of the molecule is Cl.NC(CO)(CO)CCc1ccc(OCCCC2CCCCC2)c(C(F)(F)F)c1. The van der Waals surface area contributed by atoms with E-state index in [1.54, 1.807) is 6.07 Å². The zero-order chi connectivity index (χ0) is 20.6. The zero-order valence-electron chi connectivity index (χ0n) is 16.7. The van der Waals surface area contributed by atoms with Crippen LogP contribution >= 0.6 is 12.4 Å². The highest BCUT2D eigenvalue weighted by atomic mass is 35.5. The van der Waals surface area contributed by atoms with E-state index in [0.29, 0.717) is 11.5 Å². The van der Waals surface area contributed by atoms with Gasteiger partial charge in [0.25, 0.3) is 0 Å². The van der Waals surface area contributed by atoms with E-state index in [1.165, 1.54) is 38.2 Å². The molecular formula is C21H33ClF3NO3. The molecular weight excluding hydrogens is 407 g/mol. The van der Waals surface area contributed by atoms with Crippen LogP contribution in [0, 0.1) is 5.92 Å². The third-order valence-corrected chi connectivity index (χ3v) is 5.63. The standard InChI is InChI=1S/C21H32F3NO3.ClH/c22-21(23,24)18-13-17(10-11-20(25,14-26)15-27)8-9-19(18)28-12-4-7-16-5-2-1-3-6-16;/h8-9,13,16,26-27H,1-7,10-12,14-15,25H2;1H. The van der Waals surface area contributed by atoms with Crippen molar-refractivity contribution in [3.63, 3.8) is 0 Å². The van der Waals surface area contributed by atoms with Crippen molar-refractivity contribution >= 4 is 12.4 Å². The number of benzene rings is 1. The molecule has 1 fully saturated rings. The first-order chi connectivity index (χ1) is 13.3. The second kappa shape index (κ2) is 12.0. The van der Waals surface area contributed by atoms with Crippen molar-refractivity contribution in [2.24, 2.45) is 11.7 Å². The van der Waals surface area contributed by atoms with Crippen LogP contribution in [0.25, 0.3) is 0 Å². The maximum Gasteiger partial charge on any atom is 0.419 e. The smallest absolute Gasteiger partial charge is 0.419 e. The molecule has 29 heavy (non-hydrogen) atoms. The molecule has 1 saturated carbocycles. The van der Waals surface area contributed by atoms with Gasteiger partial charge < -0.3 is 20.7 Å². The molecule has 1 aromatic rings. The number of alkyl halides is 3. The Bertz CT molecular complexity index is 603. The Labute approximate surface area is 177 Å². The van der Waals surface area contributed by atoms with E-state index in [9.17, 15) is 23.4 Å². The Kier molecular flexibility index (Phi) is 10.8. The number of aryl methyl sites for hydroxylation is 1. The summed E-state index contributed by atoms with van der Waals surface area (Å²) in [4.78, 5) is 0. The summed E-state index contributed by atoms with van der Waals surface area (Å²) >= 11 is 0. The van der Waals surface area contributed by atoms with E-state index < -0.39 is 30.5 Å². The van der Waals surface area contributed by atoms with Gasteiger partial charge in [0.1, 0.15) is 5.75 Å². The van der Waals surface area contributed by atoms with Gasteiger partial charge in [-0.15, -0.1) is 12.4 Å². The molecule has 0 bridgehead atoms. The predicted octanol–water partition coefficient (Wildman–Crippen LogP) is 4.48. The van der Waals surface area contributed by atoms with Crippen molar-refractivity contribution in [1.82, 2.24) is 0 Å². The Morgan fingerprint density at radius 2 is 1.72 bits per heavy atom. The molecule has 0 aliphatic heterocycles. The van der Waals surface area contributed by atoms with Gasteiger partial charge in [-0.3, -0.25) is 0 Å². The molecule has 0 amide bonds. The van der Waals surface area contributed by atoms with Crippen LogP contribution < -0.4 is 10.5 Å². The van der Waals surface area contributed by atoms with Crippen LogP contribution in [0.1, 0.15) is 62.5 Å². The summed E-state index contributed by atoms with van der Waals surface area (Å²) in [5.41, 5.74) is 4.24. The molecule has 1 aliphatic carbocycles. The molecule has 2 rings (SSSR count). The molecule has 0 heterocycles. The van der Waals surface area contributed by atoms with E-state index in [-0.39, 0.29) is 37.6 Å². The fraction of sp³-hybridized carbons (Fsp3) is 0.714. The summed E-state index contributed by atoms with van der Waals surface area (Å²) in [6, 6.07) is 4.02. The predicted molar refractivity (Wildman–Crippen MR) is 109 cm³/mol. The highest BCUT2D eigenvalue weighted by Crippen LogP contribution is 2.37. The van der Waals surface area contributed by atoms with Crippen LogP contribution in [-0.2, 0) is 12.6 Å². The van der Waals surface area contributed by atoms with Gasteiger partial charge in [0.2, 0.25) is 0 Å². The van der Waals surface area contributed by atoms with E-state index >= 15 is 0 Å². The van der Waals surface area contributed by atoms with Crippen molar-refractivity contribution < 1.29 is 28.1 Å². The largest absolute Gasteiger partial charge is 0.493 e. The highest BCUT2D eigenvalue weighted by Gasteiger charge is 2.35. The van der Waals surface area contributed by atoms with Gasteiger partial charge in [-0.1, -0.05) is 38.2 Å². The van der Waals surface area contributed by atoms with Gasteiger partial charge in [-0.25, -0.2) is 0 Å². The number of hydrogen-bond acceptors (Lipinski definition) is 4. The lowest BCUT2D eigenvalue weighted by molar-refractivity contribution is -0.139. The van der Waals surface area contributed by atoms with Gasteiger partial charge in [-0.2, -0.15) is 13.2 Å². The van der Waals surface area contributed by atoms with E-state index in [0.717, 1.165) is 18.9 Å². The topological polar surface area (TPSA) is 75.7 Å². The summed E-state index contributed by atoms with van der Waals surface area (Å²) in [5.74, 6) is 0.527. The Hall–Kier alpha value is -1.02. The van der Waals surface area contributed by atoms with Crippen molar-refractivity contribution in [2.45, 2.75) is 69.5 Å². The molecule has 1 aliphatic rings. The first kappa shape index (κ1) is 26.0. The summed E-state index contributed by atoms with van der Waals surface area (Å²) in [5, 5.41) is 18.4. The third-order valence-electron chi connectivity index (χ3n) is 5.63. The Morgan fingerprint density at radius 3 is 2.31 bits per heavy atom. The van der Waals surface area contributed by atoms with Crippen LogP contribution in [-0.4, -0.2) is 35.6 Å². The van der Waals surface area contributed by atoms with Crippen molar-refractivity contribution in [3.05, 3.63) is 29.3 Å². The molecule has 0 atom stereocenters. The average molecular weight is 440 g/mol. The van der Waals surface area contributed by atoms with Gasteiger partial charge in [-0.05, 0) is 49.3 Å². The normalized spacial score (nSPS) is 15.8. The molecule has 8 heteroatoms. The molecule has 0 spiro atoms.